The number of carbonyl (C=O) groups excluding carboxylic acids is 1. The lowest BCUT2D eigenvalue weighted by atomic mass is 9.88. The van der Waals surface area contributed by atoms with Crippen LogP contribution in [0.4, 0.5) is 5.00 Å². The van der Waals surface area contributed by atoms with E-state index in [0.29, 0.717) is 11.5 Å². The highest BCUT2D eigenvalue weighted by molar-refractivity contribution is 7.90. The number of sulfone groups is 1. The maximum atomic E-state index is 13.1. The number of thiazole rings is 1. The standard InChI is InChI=1S/C24H22N2O3S3/c1-14-10-11-17-20(12-14)31-24(21(17)23-25-18-8-3-4-9-19(18)30-23)26-22(27)15-6-5-7-16(13-15)32(2,28)29/h3-9,13-14H,10-12H2,1-2H3,(H,26,27). The van der Waals surface area contributed by atoms with Gasteiger partial charge < -0.3 is 5.32 Å². The fraction of sp³-hybridized carbons (Fsp3) is 0.250. The van der Waals surface area contributed by atoms with Crippen LogP contribution in [0.2, 0.25) is 0 Å². The van der Waals surface area contributed by atoms with Crippen molar-refractivity contribution in [2.45, 2.75) is 31.1 Å². The van der Waals surface area contributed by atoms with Gasteiger partial charge in [-0.25, -0.2) is 13.4 Å². The van der Waals surface area contributed by atoms with Crippen LogP contribution in [0, 0.1) is 5.92 Å². The van der Waals surface area contributed by atoms with Crippen molar-refractivity contribution < 1.29 is 13.2 Å². The molecule has 164 valence electrons. The number of aromatic nitrogens is 1. The van der Waals surface area contributed by atoms with E-state index < -0.39 is 9.84 Å². The molecule has 0 spiro atoms. The Morgan fingerprint density at radius 3 is 2.72 bits per heavy atom. The van der Waals surface area contributed by atoms with Gasteiger partial charge in [0.1, 0.15) is 10.0 Å². The summed E-state index contributed by atoms with van der Waals surface area (Å²) in [4.78, 5) is 19.4. The second-order valence-corrected chi connectivity index (χ2v) is 12.4. The second-order valence-electron chi connectivity index (χ2n) is 8.30. The summed E-state index contributed by atoms with van der Waals surface area (Å²) in [6, 6.07) is 14.2. The third-order valence-corrected chi connectivity index (χ3v) is 9.10. The Morgan fingerprint density at radius 1 is 1.12 bits per heavy atom. The molecule has 0 saturated heterocycles. The normalized spacial score (nSPS) is 16.1. The van der Waals surface area contributed by atoms with Crippen molar-refractivity contribution in [2.24, 2.45) is 5.92 Å². The molecule has 4 aromatic rings. The molecule has 0 fully saturated rings. The molecular weight excluding hydrogens is 460 g/mol. The van der Waals surface area contributed by atoms with Gasteiger partial charge in [0, 0.05) is 22.3 Å². The highest BCUT2D eigenvalue weighted by atomic mass is 32.2. The number of anilines is 1. The Bertz CT molecular complexity index is 1420. The van der Waals surface area contributed by atoms with E-state index in [1.807, 2.05) is 18.2 Å². The van der Waals surface area contributed by atoms with Crippen molar-refractivity contribution in [3.8, 4) is 10.6 Å². The SMILES string of the molecule is CC1CCc2c(sc(NC(=O)c3cccc(S(C)(=O)=O)c3)c2-c2nc3ccccc3s2)C1. The highest BCUT2D eigenvalue weighted by Crippen LogP contribution is 2.47. The first-order valence-corrected chi connectivity index (χ1v) is 13.9. The molecule has 0 aliphatic heterocycles. The van der Waals surface area contributed by atoms with E-state index in [0.717, 1.165) is 51.3 Å². The van der Waals surface area contributed by atoms with Crippen molar-refractivity contribution >= 4 is 53.6 Å². The predicted octanol–water partition coefficient (Wildman–Crippen LogP) is 5.81. The van der Waals surface area contributed by atoms with E-state index >= 15 is 0 Å². The van der Waals surface area contributed by atoms with Gasteiger partial charge in [-0.05, 0) is 61.1 Å². The quantitative estimate of drug-likeness (QED) is 0.398. The fourth-order valence-corrected chi connectivity index (χ4v) is 7.27. The van der Waals surface area contributed by atoms with Gasteiger partial charge in [-0.1, -0.05) is 25.1 Å². The predicted molar refractivity (Wildman–Crippen MR) is 132 cm³/mol. The molecule has 5 nitrogen and oxygen atoms in total. The molecule has 1 N–H and O–H groups in total. The van der Waals surface area contributed by atoms with Crippen molar-refractivity contribution in [1.82, 2.24) is 4.98 Å². The zero-order valence-corrected chi connectivity index (χ0v) is 20.2. The average molecular weight is 483 g/mol. The number of rotatable bonds is 4. The Kier molecular flexibility index (Phi) is 5.39. The number of fused-ring (bicyclic) bond motifs is 2. The maximum absolute atomic E-state index is 13.1. The molecule has 0 bridgehead atoms. The topological polar surface area (TPSA) is 76.1 Å². The van der Waals surface area contributed by atoms with Crippen LogP contribution in [0.3, 0.4) is 0 Å². The molecule has 0 saturated carbocycles. The van der Waals surface area contributed by atoms with Crippen molar-refractivity contribution in [3.05, 3.63) is 64.5 Å². The zero-order valence-electron chi connectivity index (χ0n) is 17.7. The van der Waals surface area contributed by atoms with Gasteiger partial charge in [0.2, 0.25) is 0 Å². The van der Waals surface area contributed by atoms with Gasteiger partial charge in [-0.3, -0.25) is 4.79 Å². The minimum absolute atomic E-state index is 0.135. The van der Waals surface area contributed by atoms with E-state index in [-0.39, 0.29) is 10.8 Å². The molecule has 1 atom stereocenters. The molecule has 1 unspecified atom stereocenters. The van der Waals surface area contributed by atoms with Crippen LogP contribution in [0.15, 0.2) is 53.4 Å². The summed E-state index contributed by atoms with van der Waals surface area (Å²) in [6.45, 7) is 2.26. The molecule has 1 amide bonds. The van der Waals surface area contributed by atoms with Crippen molar-refractivity contribution in [1.29, 1.82) is 0 Å². The van der Waals surface area contributed by atoms with Crippen molar-refractivity contribution in [2.75, 3.05) is 11.6 Å². The van der Waals surface area contributed by atoms with Crippen LogP contribution in [0.1, 0.15) is 34.1 Å². The van der Waals surface area contributed by atoms with Gasteiger partial charge in [-0.15, -0.1) is 22.7 Å². The number of hydrogen-bond donors (Lipinski definition) is 1. The smallest absolute Gasteiger partial charge is 0.256 e. The lowest BCUT2D eigenvalue weighted by Crippen LogP contribution is -2.12. The number of para-hydroxylation sites is 1. The summed E-state index contributed by atoms with van der Waals surface area (Å²) in [6.07, 6.45) is 4.23. The Hall–Kier alpha value is -2.55. The lowest BCUT2D eigenvalue weighted by molar-refractivity contribution is 0.102. The average Bonchev–Trinajstić information content (AvgIpc) is 3.33. The van der Waals surface area contributed by atoms with E-state index in [9.17, 15) is 13.2 Å². The molecule has 1 aliphatic rings. The van der Waals surface area contributed by atoms with Gasteiger partial charge in [0.15, 0.2) is 9.84 Å². The van der Waals surface area contributed by atoms with E-state index in [2.05, 4.69) is 18.3 Å². The molecule has 0 radical (unpaired) electrons. The molecular formula is C24H22N2O3S3. The lowest BCUT2D eigenvalue weighted by Gasteiger charge is -2.18. The minimum Gasteiger partial charge on any atom is -0.313 e. The monoisotopic (exact) mass is 482 g/mol. The summed E-state index contributed by atoms with van der Waals surface area (Å²) in [7, 11) is -3.39. The number of benzene rings is 2. The Morgan fingerprint density at radius 2 is 1.94 bits per heavy atom. The number of nitrogens with one attached hydrogen (secondary N) is 1. The van der Waals surface area contributed by atoms with Crippen LogP contribution < -0.4 is 5.32 Å². The van der Waals surface area contributed by atoms with E-state index in [1.54, 1.807) is 34.8 Å². The highest BCUT2D eigenvalue weighted by Gasteiger charge is 2.27. The molecule has 2 heterocycles. The molecule has 5 rings (SSSR count). The number of amides is 1. The first kappa shape index (κ1) is 21.3. The van der Waals surface area contributed by atoms with Crippen LogP contribution in [0.5, 0.6) is 0 Å². The number of nitrogens with zero attached hydrogens (tertiary/aromatic N) is 1. The molecule has 8 heteroatoms. The zero-order chi connectivity index (χ0) is 22.5. The van der Waals surface area contributed by atoms with Gasteiger partial charge in [0.05, 0.1) is 15.1 Å². The summed E-state index contributed by atoms with van der Waals surface area (Å²) in [5, 5.41) is 4.78. The van der Waals surface area contributed by atoms with Gasteiger partial charge >= 0.3 is 0 Å². The second kappa shape index (κ2) is 8.10. The first-order valence-electron chi connectivity index (χ1n) is 10.4. The molecule has 32 heavy (non-hydrogen) atoms. The van der Waals surface area contributed by atoms with Crippen LogP contribution in [-0.2, 0) is 22.7 Å². The number of hydrogen-bond acceptors (Lipinski definition) is 6. The van der Waals surface area contributed by atoms with E-state index in [1.165, 1.54) is 22.6 Å². The maximum Gasteiger partial charge on any atom is 0.256 e. The minimum atomic E-state index is -3.39. The largest absolute Gasteiger partial charge is 0.313 e. The third-order valence-electron chi connectivity index (χ3n) is 5.77. The van der Waals surface area contributed by atoms with Crippen molar-refractivity contribution in [3.63, 3.8) is 0 Å². The third kappa shape index (κ3) is 3.98. The first-order chi connectivity index (χ1) is 15.3. The summed E-state index contributed by atoms with van der Waals surface area (Å²) >= 11 is 3.26. The molecule has 1 aliphatic carbocycles. The molecule has 2 aromatic heterocycles. The molecule has 2 aromatic carbocycles. The Labute approximate surface area is 195 Å². The summed E-state index contributed by atoms with van der Waals surface area (Å²) in [5.74, 6) is 0.295. The summed E-state index contributed by atoms with van der Waals surface area (Å²) < 4.78 is 24.9. The number of thiophene rings is 1. The van der Waals surface area contributed by atoms with Crippen LogP contribution in [-0.4, -0.2) is 25.6 Å². The van der Waals surface area contributed by atoms with Crippen LogP contribution in [0.25, 0.3) is 20.8 Å². The van der Waals surface area contributed by atoms with E-state index in [4.69, 9.17) is 4.98 Å². The number of carbonyl (C=O) groups is 1. The fourth-order valence-electron chi connectivity index (χ4n) is 4.09. The summed E-state index contributed by atoms with van der Waals surface area (Å²) in [5.41, 5.74) is 3.58. The van der Waals surface area contributed by atoms with Gasteiger partial charge in [-0.2, -0.15) is 0 Å². The Balaban J connectivity index is 1.57. The van der Waals surface area contributed by atoms with Crippen LogP contribution >= 0.6 is 22.7 Å². The van der Waals surface area contributed by atoms with Gasteiger partial charge in [0.25, 0.3) is 5.91 Å².